The van der Waals surface area contributed by atoms with Crippen molar-refractivity contribution in [1.82, 2.24) is 24.5 Å². The molecule has 0 saturated carbocycles. The molecule has 1 saturated heterocycles. The molecule has 5 heterocycles. The SMILES string of the molecule is Cc1cc(-c2nc3cccnn3c2-c2cc(Cl)nc(N3C=C(C4CCCN4C)C=CC3)c2)ccc1F. The number of imidazole rings is 1. The van der Waals surface area contributed by atoms with Gasteiger partial charge in [-0.3, -0.25) is 4.90 Å². The van der Waals surface area contributed by atoms with Crippen LogP contribution in [0.4, 0.5) is 10.2 Å². The monoisotopic (exact) mass is 500 g/mol. The van der Waals surface area contributed by atoms with Gasteiger partial charge in [-0.25, -0.2) is 18.9 Å². The van der Waals surface area contributed by atoms with Gasteiger partial charge in [0.1, 0.15) is 22.5 Å². The fourth-order valence-electron chi connectivity index (χ4n) is 5.17. The van der Waals surface area contributed by atoms with Crippen LogP contribution in [0.3, 0.4) is 0 Å². The van der Waals surface area contributed by atoms with E-state index in [1.807, 2.05) is 30.3 Å². The zero-order valence-electron chi connectivity index (χ0n) is 20.2. The molecule has 6 nitrogen and oxygen atoms in total. The van der Waals surface area contributed by atoms with E-state index in [1.54, 1.807) is 23.7 Å². The van der Waals surface area contributed by atoms with Crippen molar-refractivity contribution < 1.29 is 4.39 Å². The minimum atomic E-state index is -0.245. The molecule has 0 aliphatic carbocycles. The topological polar surface area (TPSA) is 49.6 Å². The van der Waals surface area contributed by atoms with Gasteiger partial charge in [0.25, 0.3) is 0 Å². The van der Waals surface area contributed by atoms with Gasteiger partial charge < -0.3 is 4.90 Å². The summed E-state index contributed by atoms with van der Waals surface area (Å²) < 4.78 is 15.8. The third kappa shape index (κ3) is 4.08. The quantitative estimate of drug-likeness (QED) is 0.326. The van der Waals surface area contributed by atoms with Gasteiger partial charge in [-0.05, 0) is 87.0 Å². The minimum Gasteiger partial charge on any atom is -0.329 e. The number of benzene rings is 1. The minimum absolute atomic E-state index is 0.245. The normalized spacial score (nSPS) is 18.3. The van der Waals surface area contributed by atoms with Crippen molar-refractivity contribution in [3.8, 4) is 22.5 Å². The lowest BCUT2D eigenvalue weighted by Crippen LogP contribution is -2.30. The van der Waals surface area contributed by atoms with E-state index in [4.69, 9.17) is 16.6 Å². The third-order valence-corrected chi connectivity index (χ3v) is 7.19. The van der Waals surface area contributed by atoms with Crippen molar-refractivity contribution in [2.75, 3.05) is 25.0 Å². The van der Waals surface area contributed by atoms with E-state index in [0.717, 1.165) is 35.6 Å². The summed E-state index contributed by atoms with van der Waals surface area (Å²) in [5.41, 5.74) is 5.70. The lowest BCUT2D eigenvalue weighted by atomic mass is 10.0. The van der Waals surface area contributed by atoms with Crippen molar-refractivity contribution in [1.29, 1.82) is 0 Å². The number of nitrogens with zero attached hydrogens (tertiary/aromatic N) is 6. The largest absolute Gasteiger partial charge is 0.329 e. The Morgan fingerprint density at radius 2 is 1.97 bits per heavy atom. The van der Waals surface area contributed by atoms with Crippen molar-refractivity contribution in [3.63, 3.8) is 0 Å². The molecule has 6 rings (SSSR count). The average Bonchev–Trinajstić information content (AvgIpc) is 3.49. The van der Waals surface area contributed by atoms with Gasteiger partial charge in [0.2, 0.25) is 0 Å². The van der Waals surface area contributed by atoms with Crippen LogP contribution in [0.2, 0.25) is 5.15 Å². The zero-order valence-corrected chi connectivity index (χ0v) is 21.0. The van der Waals surface area contributed by atoms with Gasteiger partial charge in [-0.2, -0.15) is 5.10 Å². The molecule has 1 fully saturated rings. The average molecular weight is 501 g/mol. The van der Waals surface area contributed by atoms with E-state index in [9.17, 15) is 4.39 Å². The molecule has 2 aliphatic rings. The maximum absolute atomic E-state index is 14.0. The maximum atomic E-state index is 14.0. The fraction of sp³-hybridized carbons (Fsp3) is 0.250. The van der Waals surface area contributed by atoms with Gasteiger partial charge in [-0.1, -0.05) is 23.8 Å². The molecule has 3 aromatic heterocycles. The van der Waals surface area contributed by atoms with Crippen LogP contribution in [0, 0.1) is 12.7 Å². The van der Waals surface area contributed by atoms with Gasteiger partial charge in [-0.15, -0.1) is 0 Å². The molecule has 2 aliphatic heterocycles. The highest BCUT2D eigenvalue weighted by molar-refractivity contribution is 6.29. The van der Waals surface area contributed by atoms with Gasteiger partial charge >= 0.3 is 0 Å². The predicted octanol–water partition coefficient (Wildman–Crippen LogP) is 5.91. The van der Waals surface area contributed by atoms with Crippen LogP contribution in [-0.4, -0.2) is 50.7 Å². The van der Waals surface area contributed by atoms with Crippen LogP contribution in [0.25, 0.3) is 28.2 Å². The second-order valence-electron chi connectivity index (χ2n) is 9.43. The van der Waals surface area contributed by atoms with Gasteiger partial charge in [0.05, 0.1) is 5.69 Å². The number of pyridine rings is 1. The lowest BCUT2D eigenvalue weighted by Gasteiger charge is -2.28. The van der Waals surface area contributed by atoms with Crippen LogP contribution in [0.1, 0.15) is 18.4 Å². The molecule has 8 heteroatoms. The first kappa shape index (κ1) is 22.9. The number of aromatic nitrogens is 4. The smallest absolute Gasteiger partial charge is 0.154 e. The Hall–Kier alpha value is -3.55. The van der Waals surface area contributed by atoms with Crippen molar-refractivity contribution in [2.24, 2.45) is 0 Å². The molecular weight excluding hydrogens is 475 g/mol. The van der Waals surface area contributed by atoms with E-state index in [-0.39, 0.29) is 5.82 Å². The molecule has 4 aromatic rings. The first-order chi connectivity index (χ1) is 17.5. The predicted molar refractivity (Wildman–Crippen MR) is 142 cm³/mol. The second kappa shape index (κ2) is 9.15. The molecule has 1 aromatic carbocycles. The molecule has 0 bridgehead atoms. The van der Waals surface area contributed by atoms with Crippen molar-refractivity contribution >= 4 is 23.1 Å². The zero-order chi connectivity index (χ0) is 24.8. The number of fused-ring (bicyclic) bond motifs is 1. The number of aryl methyl sites for hydroxylation is 1. The van der Waals surface area contributed by atoms with E-state index in [0.29, 0.717) is 34.6 Å². The van der Waals surface area contributed by atoms with Crippen LogP contribution >= 0.6 is 11.6 Å². The highest BCUT2D eigenvalue weighted by atomic mass is 35.5. The molecule has 182 valence electrons. The second-order valence-corrected chi connectivity index (χ2v) is 9.81. The Labute approximate surface area is 214 Å². The standard InChI is InChI=1S/C28H26ClFN6/c1-18-14-19(9-10-22(18)30)27-28(36-25(33-27)8-3-11-31-36)21-15-24(29)32-26(16-21)35-13-4-6-20(17-35)23-7-5-12-34(23)2/h3-4,6,8-11,14-17,23H,5,7,12-13H2,1-2H3. The Kier molecular flexibility index (Phi) is 5.82. The van der Waals surface area contributed by atoms with Crippen molar-refractivity contribution in [2.45, 2.75) is 25.8 Å². The number of halogens is 2. The number of anilines is 1. The molecular formula is C28H26ClFN6. The highest BCUT2D eigenvalue weighted by Gasteiger charge is 2.26. The Morgan fingerprint density at radius 1 is 1.08 bits per heavy atom. The number of likely N-dealkylation sites (tertiary alicyclic amines) is 1. The lowest BCUT2D eigenvalue weighted by molar-refractivity contribution is 0.348. The molecule has 0 radical (unpaired) electrons. The van der Waals surface area contributed by atoms with E-state index >= 15 is 0 Å². The van der Waals surface area contributed by atoms with Crippen LogP contribution in [0.5, 0.6) is 0 Å². The number of rotatable bonds is 4. The van der Waals surface area contributed by atoms with Crippen LogP contribution < -0.4 is 4.90 Å². The summed E-state index contributed by atoms with van der Waals surface area (Å²) in [5.74, 6) is 0.511. The number of likely N-dealkylation sites (N-methyl/N-ethyl adjacent to an activating group) is 1. The summed E-state index contributed by atoms with van der Waals surface area (Å²) in [6.07, 6.45) is 10.7. The molecule has 1 atom stereocenters. The Bertz CT molecular complexity index is 1520. The van der Waals surface area contributed by atoms with Gasteiger partial charge in [0.15, 0.2) is 5.65 Å². The van der Waals surface area contributed by atoms with Gasteiger partial charge in [0, 0.05) is 36.1 Å². The van der Waals surface area contributed by atoms with E-state index < -0.39 is 0 Å². The van der Waals surface area contributed by atoms with E-state index in [1.165, 1.54) is 18.1 Å². The molecule has 0 spiro atoms. The first-order valence-corrected chi connectivity index (χ1v) is 12.5. The van der Waals surface area contributed by atoms with Crippen LogP contribution in [0.15, 0.2) is 72.6 Å². The first-order valence-electron chi connectivity index (χ1n) is 12.1. The van der Waals surface area contributed by atoms with Crippen molar-refractivity contribution in [3.05, 3.63) is 89.1 Å². The Morgan fingerprint density at radius 3 is 2.78 bits per heavy atom. The number of hydrogen-bond donors (Lipinski definition) is 0. The fourth-order valence-corrected chi connectivity index (χ4v) is 5.38. The summed E-state index contributed by atoms with van der Waals surface area (Å²) >= 11 is 6.58. The summed E-state index contributed by atoms with van der Waals surface area (Å²) in [4.78, 5) is 14.0. The maximum Gasteiger partial charge on any atom is 0.154 e. The summed E-state index contributed by atoms with van der Waals surface area (Å²) in [5, 5.41) is 4.95. The molecule has 36 heavy (non-hydrogen) atoms. The summed E-state index contributed by atoms with van der Waals surface area (Å²) in [6, 6.07) is 13.1. The Balaban J connectivity index is 1.47. The van der Waals surface area contributed by atoms with Crippen LogP contribution in [-0.2, 0) is 0 Å². The molecule has 1 unspecified atom stereocenters. The molecule has 0 amide bonds. The molecule has 0 N–H and O–H groups in total. The summed E-state index contributed by atoms with van der Waals surface area (Å²) in [6.45, 7) is 3.58. The number of hydrogen-bond acceptors (Lipinski definition) is 5. The summed E-state index contributed by atoms with van der Waals surface area (Å²) in [7, 11) is 2.18. The highest BCUT2D eigenvalue weighted by Crippen LogP contribution is 2.36. The third-order valence-electron chi connectivity index (χ3n) is 7.00. The van der Waals surface area contributed by atoms with E-state index in [2.05, 4.69) is 45.3 Å².